The molecule has 0 bridgehead atoms. The fourth-order valence-electron chi connectivity index (χ4n) is 3.68. The molecule has 0 aliphatic carbocycles. The molecule has 4 rings (SSSR count). The highest BCUT2D eigenvalue weighted by Gasteiger charge is 2.32. The zero-order chi connectivity index (χ0) is 22.7. The van der Waals surface area contributed by atoms with Gasteiger partial charge < -0.3 is 25.4 Å². The maximum Gasteiger partial charge on any atom is 0.256 e. The third kappa shape index (κ3) is 4.81. The highest BCUT2D eigenvalue weighted by Crippen LogP contribution is 2.25. The largest absolute Gasteiger partial charge is 0.491 e. The Morgan fingerprint density at radius 1 is 1.25 bits per heavy atom. The van der Waals surface area contributed by atoms with E-state index in [2.05, 4.69) is 10.3 Å². The Morgan fingerprint density at radius 3 is 2.78 bits per heavy atom. The van der Waals surface area contributed by atoms with Gasteiger partial charge in [0.25, 0.3) is 5.91 Å². The first-order valence-electron chi connectivity index (χ1n) is 10.5. The van der Waals surface area contributed by atoms with E-state index in [1.807, 2.05) is 56.3 Å². The van der Waals surface area contributed by atoms with Crippen molar-refractivity contribution in [1.82, 2.24) is 4.98 Å². The van der Waals surface area contributed by atoms with Crippen molar-refractivity contribution in [1.29, 1.82) is 0 Å². The number of fused-ring (bicyclic) bond motifs is 1. The van der Waals surface area contributed by atoms with Crippen LogP contribution in [0.15, 0.2) is 54.7 Å². The molecule has 1 saturated heterocycles. The summed E-state index contributed by atoms with van der Waals surface area (Å²) in [5.74, 6) is 0.646. The Bertz CT molecular complexity index is 1130. The van der Waals surface area contributed by atoms with Crippen molar-refractivity contribution in [3.05, 3.63) is 54.7 Å². The van der Waals surface area contributed by atoms with Crippen LogP contribution < -0.4 is 20.7 Å². The molecule has 0 saturated carbocycles. The van der Waals surface area contributed by atoms with E-state index in [4.69, 9.17) is 15.2 Å². The molecule has 1 aliphatic rings. The first kappa shape index (κ1) is 21.6. The quantitative estimate of drug-likeness (QED) is 0.616. The molecule has 1 aromatic heterocycles. The normalized spacial score (nSPS) is 16.4. The molecule has 2 heterocycles. The SMILES string of the molecule is CC(C)Oc1ccc(N2CCOC(CC(=O)Nc3ccc4c(N)nccc4c3)C2=O)cc1. The van der Waals surface area contributed by atoms with E-state index in [-0.39, 0.29) is 24.3 Å². The smallest absolute Gasteiger partial charge is 0.256 e. The van der Waals surface area contributed by atoms with Gasteiger partial charge in [0, 0.05) is 29.5 Å². The average molecular weight is 434 g/mol. The molecule has 2 amide bonds. The molecule has 32 heavy (non-hydrogen) atoms. The van der Waals surface area contributed by atoms with Crippen LogP contribution in [-0.2, 0) is 14.3 Å². The van der Waals surface area contributed by atoms with Gasteiger partial charge in [-0.25, -0.2) is 4.98 Å². The summed E-state index contributed by atoms with van der Waals surface area (Å²) in [5, 5.41) is 4.52. The van der Waals surface area contributed by atoms with Gasteiger partial charge in [0.1, 0.15) is 17.7 Å². The number of benzene rings is 2. The van der Waals surface area contributed by atoms with Gasteiger partial charge in [0.2, 0.25) is 5.91 Å². The van der Waals surface area contributed by atoms with Gasteiger partial charge in [-0.3, -0.25) is 9.59 Å². The number of morpholine rings is 1. The summed E-state index contributed by atoms with van der Waals surface area (Å²) in [6, 6.07) is 14.6. The lowest BCUT2D eigenvalue weighted by atomic mass is 10.1. The Balaban J connectivity index is 1.40. The van der Waals surface area contributed by atoms with E-state index in [0.29, 0.717) is 24.7 Å². The Labute approximate surface area is 186 Å². The van der Waals surface area contributed by atoms with Crippen LogP contribution in [0, 0.1) is 0 Å². The molecule has 0 radical (unpaired) electrons. The van der Waals surface area contributed by atoms with Gasteiger partial charge in [-0.05, 0) is 67.8 Å². The first-order valence-corrected chi connectivity index (χ1v) is 10.5. The second kappa shape index (κ2) is 9.23. The topological polar surface area (TPSA) is 107 Å². The number of pyridine rings is 1. The summed E-state index contributed by atoms with van der Waals surface area (Å²) in [4.78, 5) is 31.3. The van der Waals surface area contributed by atoms with Crippen LogP contribution >= 0.6 is 0 Å². The van der Waals surface area contributed by atoms with Crippen LogP contribution in [-0.4, -0.2) is 42.2 Å². The summed E-state index contributed by atoms with van der Waals surface area (Å²) < 4.78 is 11.3. The second-order valence-corrected chi connectivity index (χ2v) is 7.89. The molecule has 8 heteroatoms. The number of anilines is 3. The Morgan fingerprint density at radius 2 is 2.03 bits per heavy atom. The molecule has 1 atom stereocenters. The minimum absolute atomic E-state index is 0.0690. The fraction of sp³-hybridized carbons (Fsp3) is 0.292. The van der Waals surface area contributed by atoms with E-state index in [1.54, 1.807) is 17.2 Å². The summed E-state index contributed by atoms with van der Waals surface area (Å²) >= 11 is 0. The molecular formula is C24H26N4O4. The van der Waals surface area contributed by atoms with Crippen molar-refractivity contribution in [2.24, 2.45) is 0 Å². The predicted octanol–water partition coefficient (Wildman–Crippen LogP) is 3.36. The number of carbonyl (C=O) groups excluding carboxylic acids is 2. The van der Waals surface area contributed by atoms with Crippen LogP contribution in [0.2, 0.25) is 0 Å². The number of nitrogens with zero attached hydrogens (tertiary/aromatic N) is 2. The summed E-state index contributed by atoms with van der Waals surface area (Å²) in [7, 11) is 0. The predicted molar refractivity (Wildman–Crippen MR) is 124 cm³/mol. The standard InChI is InChI=1S/C24H26N4O4/c1-15(2)32-19-6-4-18(5-7-19)28-11-12-31-21(24(28)30)14-22(29)27-17-3-8-20-16(13-17)9-10-26-23(20)25/h3-10,13,15,21H,11-12,14H2,1-2H3,(H2,25,26)(H,27,29). The van der Waals surface area contributed by atoms with Gasteiger partial charge in [0.05, 0.1) is 19.1 Å². The number of nitrogens with two attached hydrogens (primary N) is 1. The van der Waals surface area contributed by atoms with Gasteiger partial charge in [0.15, 0.2) is 0 Å². The van der Waals surface area contributed by atoms with Gasteiger partial charge in [-0.2, -0.15) is 0 Å². The first-order chi connectivity index (χ1) is 15.4. The third-order valence-corrected chi connectivity index (χ3v) is 5.15. The van der Waals surface area contributed by atoms with Crippen molar-refractivity contribution in [2.45, 2.75) is 32.5 Å². The van der Waals surface area contributed by atoms with Crippen molar-refractivity contribution in [3.63, 3.8) is 0 Å². The lowest BCUT2D eigenvalue weighted by Crippen LogP contribution is -2.49. The van der Waals surface area contributed by atoms with E-state index < -0.39 is 6.10 Å². The number of rotatable bonds is 6. The molecule has 1 aliphatic heterocycles. The van der Waals surface area contributed by atoms with E-state index >= 15 is 0 Å². The molecule has 3 aromatic rings. The zero-order valence-electron chi connectivity index (χ0n) is 18.1. The maximum absolute atomic E-state index is 13.0. The second-order valence-electron chi connectivity index (χ2n) is 7.89. The number of carbonyl (C=O) groups is 2. The Hall–Kier alpha value is -3.65. The van der Waals surface area contributed by atoms with Crippen molar-refractivity contribution >= 4 is 39.8 Å². The van der Waals surface area contributed by atoms with E-state index in [9.17, 15) is 9.59 Å². The molecule has 2 aromatic carbocycles. The number of aromatic nitrogens is 1. The highest BCUT2D eigenvalue weighted by atomic mass is 16.5. The molecule has 166 valence electrons. The number of nitrogens with one attached hydrogen (secondary N) is 1. The zero-order valence-corrected chi connectivity index (χ0v) is 18.1. The molecule has 1 unspecified atom stereocenters. The third-order valence-electron chi connectivity index (χ3n) is 5.15. The van der Waals surface area contributed by atoms with Crippen LogP contribution in [0.5, 0.6) is 5.75 Å². The Kier molecular flexibility index (Phi) is 6.23. The van der Waals surface area contributed by atoms with Gasteiger partial charge in [-0.1, -0.05) is 0 Å². The number of ether oxygens (including phenoxy) is 2. The number of nitrogen functional groups attached to an aromatic ring is 1. The summed E-state index contributed by atoms with van der Waals surface area (Å²) in [5.41, 5.74) is 7.24. The minimum Gasteiger partial charge on any atom is -0.491 e. The van der Waals surface area contributed by atoms with E-state index in [0.717, 1.165) is 22.2 Å². The van der Waals surface area contributed by atoms with Gasteiger partial charge in [-0.15, -0.1) is 0 Å². The molecular weight excluding hydrogens is 408 g/mol. The van der Waals surface area contributed by atoms with E-state index in [1.165, 1.54) is 0 Å². The summed E-state index contributed by atoms with van der Waals surface area (Å²) in [6.07, 6.45) is 0.787. The molecule has 1 fully saturated rings. The maximum atomic E-state index is 13.0. The minimum atomic E-state index is -0.837. The lowest BCUT2D eigenvalue weighted by molar-refractivity contribution is -0.137. The lowest BCUT2D eigenvalue weighted by Gasteiger charge is -2.32. The van der Waals surface area contributed by atoms with Crippen LogP contribution in [0.3, 0.4) is 0 Å². The van der Waals surface area contributed by atoms with Crippen LogP contribution in [0.25, 0.3) is 10.8 Å². The van der Waals surface area contributed by atoms with Crippen molar-refractivity contribution < 1.29 is 19.1 Å². The highest BCUT2D eigenvalue weighted by molar-refractivity contribution is 6.02. The average Bonchev–Trinajstić information content (AvgIpc) is 2.76. The van der Waals surface area contributed by atoms with Gasteiger partial charge >= 0.3 is 0 Å². The number of hydrogen-bond donors (Lipinski definition) is 2. The fourth-order valence-corrected chi connectivity index (χ4v) is 3.68. The molecule has 3 N–H and O–H groups in total. The molecule has 0 spiro atoms. The number of amides is 2. The van der Waals surface area contributed by atoms with Crippen molar-refractivity contribution in [2.75, 3.05) is 29.1 Å². The monoisotopic (exact) mass is 434 g/mol. The van der Waals surface area contributed by atoms with Crippen LogP contribution in [0.1, 0.15) is 20.3 Å². The summed E-state index contributed by atoms with van der Waals surface area (Å²) in [6.45, 7) is 4.71. The van der Waals surface area contributed by atoms with Crippen molar-refractivity contribution in [3.8, 4) is 5.75 Å². The number of hydrogen-bond acceptors (Lipinski definition) is 6. The molecule has 8 nitrogen and oxygen atoms in total. The van der Waals surface area contributed by atoms with Crippen LogP contribution in [0.4, 0.5) is 17.2 Å².